The van der Waals surface area contributed by atoms with Crippen LogP contribution in [-0.2, 0) is 13.0 Å². The first-order chi connectivity index (χ1) is 7.88. The Balaban J connectivity index is 1.96. The quantitative estimate of drug-likeness (QED) is 0.801. The Kier molecular flexibility index (Phi) is 3.48. The molecule has 0 aliphatic heterocycles. The van der Waals surface area contributed by atoms with Gasteiger partial charge in [-0.1, -0.05) is 13.3 Å². The standard InChI is InChI=1S/C11H15N5/c1-2-3-9-4-11(16-8-15-9)13-6-10-5-12-7-14-10/h4-5,7-8H,2-3,6H2,1H3,(H,12,14)(H,13,15,16). The zero-order valence-electron chi connectivity index (χ0n) is 9.27. The Morgan fingerprint density at radius 1 is 1.38 bits per heavy atom. The molecule has 0 saturated heterocycles. The summed E-state index contributed by atoms with van der Waals surface area (Å²) < 4.78 is 0. The third-order valence-electron chi connectivity index (χ3n) is 2.24. The molecule has 0 bridgehead atoms. The van der Waals surface area contributed by atoms with Crippen LogP contribution in [0.15, 0.2) is 24.9 Å². The molecule has 2 rings (SSSR count). The molecule has 0 aliphatic carbocycles. The van der Waals surface area contributed by atoms with Gasteiger partial charge in [0.1, 0.15) is 12.1 Å². The van der Waals surface area contributed by atoms with Gasteiger partial charge in [-0.3, -0.25) is 0 Å². The normalized spacial score (nSPS) is 10.3. The number of hydrogen-bond acceptors (Lipinski definition) is 4. The van der Waals surface area contributed by atoms with Crippen molar-refractivity contribution in [1.29, 1.82) is 0 Å². The molecule has 0 spiro atoms. The SMILES string of the molecule is CCCc1cc(NCc2cnc[nH]2)ncn1. The van der Waals surface area contributed by atoms with E-state index in [2.05, 4.69) is 32.2 Å². The van der Waals surface area contributed by atoms with Crippen LogP contribution in [0.25, 0.3) is 0 Å². The maximum Gasteiger partial charge on any atom is 0.129 e. The third-order valence-corrected chi connectivity index (χ3v) is 2.24. The third kappa shape index (κ3) is 2.79. The van der Waals surface area contributed by atoms with Crippen molar-refractivity contribution in [2.24, 2.45) is 0 Å². The van der Waals surface area contributed by atoms with E-state index in [0.29, 0.717) is 6.54 Å². The predicted molar refractivity (Wildman–Crippen MR) is 61.9 cm³/mol. The van der Waals surface area contributed by atoms with E-state index in [1.54, 1.807) is 18.9 Å². The highest BCUT2D eigenvalue weighted by molar-refractivity contribution is 5.35. The highest BCUT2D eigenvalue weighted by atomic mass is 15.0. The Morgan fingerprint density at radius 3 is 3.06 bits per heavy atom. The minimum atomic E-state index is 0.697. The number of H-pyrrole nitrogens is 1. The Bertz CT molecular complexity index is 424. The van der Waals surface area contributed by atoms with E-state index >= 15 is 0 Å². The van der Waals surface area contributed by atoms with Gasteiger partial charge in [0.05, 0.1) is 18.6 Å². The zero-order valence-corrected chi connectivity index (χ0v) is 9.27. The van der Waals surface area contributed by atoms with E-state index in [9.17, 15) is 0 Å². The summed E-state index contributed by atoms with van der Waals surface area (Å²) in [6.07, 6.45) is 7.14. The van der Waals surface area contributed by atoms with Crippen LogP contribution in [0.5, 0.6) is 0 Å². The fraction of sp³-hybridized carbons (Fsp3) is 0.364. The zero-order chi connectivity index (χ0) is 11.2. The van der Waals surface area contributed by atoms with Crippen LogP contribution >= 0.6 is 0 Å². The van der Waals surface area contributed by atoms with Gasteiger partial charge in [0.25, 0.3) is 0 Å². The summed E-state index contributed by atoms with van der Waals surface area (Å²) in [6.45, 7) is 2.84. The molecule has 0 unspecified atom stereocenters. The lowest BCUT2D eigenvalue weighted by atomic mass is 10.2. The fourth-order valence-corrected chi connectivity index (χ4v) is 1.45. The van der Waals surface area contributed by atoms with Gasteiger partial charge in [0.15, 0.2) is 0 Å². The van der Waals surface area contributed by atoms with Crippen molar-refractivity contribution in [2.45, 2.75) is 26.3 Å². The summed E-state index contributed by atoms with van der Waals surface area (Å²) in [7, 11) is 0. The molecule has 0 aromatic carbocycles. The molecule has 0 fully saturated rings. The lowest BCUT2D eigenvalue weighted by Crippen LogP contribution is -2.03. The number of nitrogens with one attached hydrogen (secondary N) is 2. The molecule has 2 aromatic rings. The number of anilines is 1. The molecule has 2 aromatic heterocycles. The maximum absolute atomic E-state index is 4.20. The average Bonchev–Trinajstić information content (AvgIpc) is 2.80. The summed E-state index contributed by atoms with van der Waals surface area (Å²) in [5.41, 5.74) is 2.11. The first kappa shape index (κ1) is 10.6. The van der Waals surface area contributed by atoms with E-state index in [4.69, 9.17) is 0 Å². The van der Waals surface area contributed by atoms with Gasteiger partial charge < -0.3 is 10.3 Å². The van der Waals surface area contributed by atoms with Crippen molar-refractivity contribution in [2.75, 3.05) is 5.32 Å². The number of aromatic nitrogens is 4. The van der Waals surface area contributed by atoms with E-state index in [1.165, 1.54) is 0 Å². The van der Waals surface area contributed by atoms with E-state index in [0.717, 1.165) is 30.0 Å². The lowest BCUT2D eigenvalue weighted by molar-refractivity contribution is 0.871. The second kappa shape index (κ2) is 5.25. The molecule has 5 nitrogen and oxygen atoms in total. The smallest absolute Gasteiger partial charge is 0.129 e. The second-order valence-corrected chi connectivity index (χ2v) is 3.57. The Morgan fingerprint density at radius 2 is 2.31 bits per heavy atom. The predicted octanol–water partition coefficient (Wildman–Crippen LogP) is 1.76. The van der Waals surface area contributed by atoms with Crippen LogP contribution in [-0.4, -0.2) is 19.9 Å². The largest absolute Gasteiger partial charge is 0.364 e. The second-order valence-electron chi connectivity index (χ2n) is 3.57. The minimum absolute atomic E-state index is 0.697. The van der Waals surface area contributed by atoms with Gasteiger partial charge in [0, 0.05) is 18.0 Å². The fourth-order valence-electron chi connectivity index (χ4n) is 1.45. The minimum Gasteiger partial charge on any atom is -0.364 e. The molecule has 5 heteroatoms. The van der Waals surface area contributed by atoms with Crippen LogP contribution < -0.4 is 5.32 Å². The molecule has 2 N–H and O–H groups in total. The Hall–Kier alpha value is -1.91. The number of rotatable bonds is 5. The average molecular weight is 217 g/mol. The molecule has 84 valence electrons. The monoisotopic (exact) mass is 217 g/mol. The number of aryl methyl sites for hydroxylation is 1. The number of hydrogen-bond donors (Lipinski definition) is 2. The molecule has 0 saturated carbocycles. The number of nitrogens with zero attached hydrogens (tertiary/aromatic N) is 3. The summed E-state index contributed by atoms with van der Waals surface area (Å²) in [4.78, 5) is 15.4. The van der Waals surface area contributed by atoms with Gasteiger partial charge in [-0.2, -0.15) is 0 Å². The van der Waals surface area contributed by atoms with Gasteiger partial charge in [-0.15, -0.1) is 0 Å². The number of aromatic amines is 1. The highest BCUT2D eigenvalue weighted by Gasteiger charge is 1.98. The van der Waals surface area contributed by atoms with Crippen molar-refractivity contribution in [3.05, 3.63) is 36.3 Å². The van der Waals surface area contributed by atoms with Crippen molar-refractivity contribution < 1.29 is 0 Å². The topological polar surface area (TPSA) is 66.5 Å². The Labute approximate surface area is 94.4 Å². The summed E-state index contributed by atoms with van der Waals surface area (Å²) in [6, 6.07) is 1.99. The first-order valence-corrected chi connectivity index (χ1v) is 5.40. The molecule has 16 heavy (non-hydrogen) atoms. The van der Waals surface area contributed by atoms with E-state index in [1.807, 2.05) is 6.07 Å². The van der Waals surface area contributed by atoms with Gasteiger partial charge >= 0.3 is 0 Å². The molecular formula is C11H15N5. The van der Waals surface area contributed by atoms with Gasteiger partial charge in [-0.25, -0.2) is 15.0 Å². The van der Waals surface area contributed by atoms with Crippen molar-refractivity contribution in [3.63, 3.8) is 0 Å². The molecule has 0 amide bonds. The summed E-state index contributed by atoms with van der Waals surface area (Å²) in [5, 5.41) is 3.22. The van der Waals surface area contributed by atoms with Crippen molar-refractivity contribution in [1.82, 2.24) is 19.9 Å². The van der Waals surface area contributed by atoms with Crippen LogP contribution in [0.3, 0.4) is 0 Å². The highest BCUT2D eigenvalue weighted by Crippen LogP contribution is 2.07. The summed E-state index contributed by atoms with van der Waals surface area (Å²) >= 11 is 0. The van der Waals surface area contributed by atoms with E-state index in [-0.39, 0.29) is 0 Å². The molecule has 0 aliphatic rings. The van der Waals surface area contributed by atoms with Gasteiger partial charge in [-0.05, 0) is 6.42 Å². The van der Waals surface area contributed by atoms with Crippen LogP contribution in [0, 0.1) is 0 Å². The molecule has 2 heterocycles. The van der Waals surface area contributed by atoms with Gasteiger partial charge in [0.2, 0.25) is 0 Å². The molecule has 0 radical (unpaired) electrons. The van der Waals surface area contributed by atoms with Crippen molar-refractivity contribution >= 4 is 5.82 Å². The van der Waals surface area contributed by atoms with Crippen LogP contribution in [0.4, 0.5) is 5.82 Å². The summed E-state index contributed by atoms with van der Waals surface area (Å²) in [5.74, 6) is 0.855. The number of imidazole rings is 1. The lowest BCUT2D eigenvalue weighted by Gasteiger charge is -2.04. The van der Waals surface area contributed by atoms with Crippen LogP contribution in [0.1, 0.15) is 24.7 Å². The molecular weight excluding hydrogens is 202 g/mol. The van der Waals surface area contributed by atoms with Crippen LogP contribution in [0.2, 0.25) is 0 Å². The maximum atomic E-state index is 4.20. The first-order valence-electron chi connectivity index (χ1n) is 5.40. The van der Waals surface area contributed by atoms with Crippen molar-refractivity contribution in [3.8, 4) is 0 Å². The van der Waals surface area contributed by atoms with E-state index < -0.39 is 0 Å². The molecule has 0 atom stereocenters.